The maximum Gasteiger partial charge on any atom is 0.237 e. The van der Waals surface area contributed by atoms with Crippen molar-refractivity contribution in [3.8, 4) is 0 Å². The first-order valence-corrected chi connectivity index (χ1v) is 7.71. The summed E-state index contributed by atoms with van der Waals surface area (Å²) in [6.07, 6.45) is 7.53. The van der Waals surface area contributed by atoms with Gasteiger partial charge in [-0.2, -0.15) is 11.8 Å². The highest BCUT2D eigenvalue weighted by molar-refractivity contribution is 7.98. The summed E-state index contributed by atoms with van der Waals surface area (Å²) < 4.78 is 0. The Hall–Kier alpha value is -0.260. The number of hydrogen-bond donors (Lipinski definition) is 3. The summed E-state index contributed by atoms with van der Waals surface area (Å²) in [5.41, 5.74) is 5.05. The average Bonchev–Trinajstić information content (AvgIpc) is 2.34. The van der Waals surface area contributed by atoms with Gasteiger partial charge in [-0.3, -0.25) is 4.79 Å². The molecule has 0 aromatic heterocycles. The van der Waals surface area contributed by atoms with Crippen molar-refractivity contribution in [1.29, 1.82) is 0 Å². The highest BCUT2D eigenvalue weighted by Crippen LogP contribution is 2.27. The van der Waals surface area contributed by atoms with Crippen molar-refractivity contribution in [1.82, 2.24) is 5.32 Å². The number of rotatable bonds is 6. The summed E-state index contributed by atoms with van der Waals surface area (Å²) in [6, 6.07) is -0.449. The molecule has 4 nitrogen and oxygen atoms in total. The van der Waals surface area contributed by atoms with Crippen molar-refractivity contribution >= 4 is 17.7 Å². The molecule has 0 radical (unpaired) electrons. The van der Waals surface area contributed by atoms with Crippen LogP contribution in [0.25, 0.3) is 0 Å². The van der Waals surface area contributed by atoms with Crippen LogP contribution < -0.4 is 11.1 Å². The Morgan fingerprint density at radius 3 is 2.71 bits per heavy atom. The van der Waals surface area contributed by atoms with Gasteiger partial charge in [0.05, 0.1) is 11.6 Å². The van der Waals surface area contributed by atoms with Gasteiger partial charge in [0.15, 0.2) is 0 Å². The van der Waals surface area contributed by atoms with Crippen LogP contribution in [0.3, 0.4) is 0 Å². The molecule has 0 aromatic rings. The number of hydrogen-bond acceptors (Lipinski definition) is 4. The lowest BCUT2D eigenvalue weighted by molar-refractivity contribution is -0.124. The van der Waals surface area contributed by atoms with E-state index in [9.17, 15) is 9.90 Å². The summed E-state index contributed by atoms with van der Waals surface area (Å²) in [5, 5.41) is 13.0. The van der Waals surface area contributed by atoms with E-state index in [-0.39, 0.29) is 5.91 Å². The van der Waals surface area contributed by atoms with Gasteiger partial charge in [0.25, 0.3) is 0 Å². The monoisotopic (exact) mass is 260 g/mol. The van der Waals surface area contributed by atoms with Gasteiger partial charge < -0.3 is 16.2 Å². The van der Waals surface area contributed by atoms with Crippen molar-refractivity contribution in [2.45, 2.75) is 50.2 Å². The lowest BCUT2D eigenvalue weighted by Gasteiger charge is -2.32. The molecule has 0 bridgehead atoms. The average molecular weight is 260 g/mol. The zero-order valence-corrected chi connectivity index (χ0v) is 11.4. The van der Waals surface area contributed by atoms with E-state index >= 15 is 0 Å². The van der Waals surface area contributed by atoms with Gasteiger partial charge in [-0.15, -0.1) is 0 Å². The van der Waals surface area contributed by atoms with Crippen LogP contribution in [0, 0.1) is 0 Å². The standard InChI is InChI=1S/C12H24N2O2S/c1-17-8-5-10(13)11(15)14-9-12(16)6-3-2-4-7-12/h10,16H,2-9,13H2,1H3,(H,14,15)/t10-/m0/s1. The van der Waals surface area contributed by atoms with Crippen LogP contribution in [-0.2, 0) is 4.79 Å². The van der Waals surface area contributed by atoms with E-state index in [0.717, 1.165) is 31.4 Å². The molecule has 1 rings (SSSR count). The van der Waals surface area contributed by atoms with Crippen molar-refractivity contribution < 1.29 is 9.90 Å². The normalized spacial score (nSPS) is 20.9. The van der Waals surface area contributed by atoms with Gasteiger partial charge in [-0.25, -0.2) is 0 Å². The molecule has 1 amide bonds. The second kappa shape index (κ2) is 7.24. The molecule has 0 aromatic carbocycles. The molecule has 0 aliphatic heterocycles. The molecular formula is C12H24N2O2S. The van der Waals surface area contributed by atoms with Gasteiger partial charge >= 0.3 is 0 Å². The van der Waals surface area contributed by atoms with Gasteiger partial charge in [0.1, 0.15) is 0 Å². The number of amides is 1. The number of nitrogens with one attached hydrogen (secondary N) is 1. The fourth-order valence-corrected chi connectivity index (χ4v) is 2.63. The Morgan fingerprint density at radius 1 is 1.47 bits per heavy atom. The topological polar surface area (TPSA) is 75.4 Å². The molecule has 0 heterocycles. The van der Waals surface area contributed by atoms with Crippen molar-refractivity contribution in [2.75, 3.05) is 18.6 Å². The molecule has 0 spiro atoms. The molecule has 17 heavy (non-hydrogen) atoms. The van der Waals surface area contributed by atoms with E-state index in [2.05, 4.69) is 5.32 Å². The van der Waals surface area contributed by atoms with Crippen LogP contribution in [0.1, 0.15) is 38.5 Å². The molecule has 0 saturated heterocycles. The Kier molecular flexibility index (Phi) is 6.30. The van der Waals surface area contributed by atoms with Gasteiger partial charge in [-0.1, -0.05) is 19.3 Å². The third-order valence-corrected chi connectivity index (χ3v) is 3.99. The van der Waals surface area contributed by atoms with Gasteiger partial charge in [0.2, 0.25) is 5.91 Å². The number of thioether (sulfide) groups is 1. The predicted octanol–water partition coefficient (Wildman–Crippen LogP) is 0.878. The molecule has 1 atom stereocenters. The van der Waals surface area contributed by atoms with Crippen molar-refractivity contribution in [3.63, 3.8) is 0 Å². The van der Waals surface area contributed by atoms with Gasteiger partial charge in [-0.05, 0) is 31.3 Å². The Morgan fingerprint density at radius 2 is 2.12 bits per heavy atom. The molecule has 100 valence electrons. The van der Waals surface area contributed by atoms with Crippen LogP contribution >= 0.6 is 11.8 Å². The van der Waals surface area contributed by atoms with E-state index in [4.69, 9.17) is 5.73 Å². The number of nitrogens with two attached hydrogens (primary N) is 1. The van der Waals surface area contributed by atoms with E-state index in [0.29, 0.717) is 13.0 Å². The summed E-state index contributed by atoms with van der Waals surface area (Å²) in [6.45, 7) is 0.346. The number of aliphatic hydroxyl groups is 1. The highest BCUT2D eigenvalue weighted by atomic mass is 32.2. The van der Waals surface area contributed by atoms with E-state index in [1.54, 1.807) is 11.8 Å². The third kappa shape index (κ3) is 5.27. The minimum absolute atomic E-state index is 0.141. The van der Waals surface area contributed by atoms with Crippen LogP contribution in [-0.4, -0.2) is 41.2 Å². The van der Waals surface area contributed by atoms with Crippen LogP contribution in [0.5, 0.6) is 0 Å². The zero-order valence-electron chi connectivity index (χ0n) is 10.6. The second-order valence-corrected chi connectivity index (χ2v) is 5.88. The maximum atomic E-state index is 11.7. The molecule has 4 N–H and O–H groups in total. The molecule has 1 saturated carbocycles. The van der Waals surface area contributed by atoms with E-state index < -0.39 is 11.6 Å². The quantitative estimate of drug-likeness (QED) is 0.662. The van der Waals surface area contributed by atoms with Crippen molar-refractivity contribution in [3.05, 3.63) is 0 Å². The lowest BCUT2D eigenvalue weighted by Crippen LogP contribution is -2.49. The zero-order chi connectivity index (χ0) is 12.7. The van der Waals surface area contributed by atoms with Crippen LogP contribution in [0.4, 0.5) is 0 Å². The molecule has 1 fully saturated rings. The summed E-state index contributed by atoms with van der Waals surface area (Å²) >= 11 is 1.68. The first-order chi connectivity index (χ1) is 8.07. The number of carbonyl (C=O) groups excluding carboxylic acids is 1. The minimum atomic E-state index is -0.701. The Bertz CT molecular complexity index is 243. The fraction of sp³-hybridized carbons (Fsp3) is 0.917. The molecule has 1 aliphatic carbocycles. The molecule has 1 aliphatic rings. The van der Waals surface area contributed by atoms with Gasteiger partial charge in [0, 0.05) is 6.54 Å². The molecular weight excluding hydrogens is 236 g/mol. The summed E-state index contributed by atoms with van der Waals surface area (Å²) in [7, 11) is 0. The minimum Gasteiger partial charge on any atom is -0.388 e. The smallest absolute Gasteiger partial charge is 0.237 e. The molecule has 0 unspecified atom stereocenters. The van der Waals surface area contributed by atoms with E-state index in [1.165, 1.54) is 6.42 Å². The largest absolute Gasteiger partial charge is 0.388 e. The summed E-state index contributed by atoms with van der Waals surface area (Å²) in [5.74, 6) is 0.747. The van der Waals surface area contributed by atoms with E-state index in [1.807, 2.05) is 6.26 Å². The fourth-order valence-electron chi connectivity index (χ4n) is 2.15. The third-order valence-electron chi connectivity index (χ3n) is 3.35. The van der Waals surface area contributed by atoms with Crippen LogP contribution in [0.15, 0.2) is 0 Å². The Labute approximate surface area is 108 Å². The van der Waals surface area contributed by atoms with Crippen molar-refractivity contribution in [2.24, 2.45) is 5.73 Å². The first kappa shape index (κ1) is 14.8. The predicted molar refractivity (Wildman–Crippen MR) is 72.0 cm³/mol. The SMILES string of the molecule is CSCC[C@H](N)C(=O)NCC1(O)CCCCC1. The maximum absolute atomic E-state index is 11.7. The first-order valence-electron chi connectivity index (χ1n) is 6.32. The van der Waals surface area contributed by atoms with Crippen LogP contribution in [0.2, 0.25) is 0 Å². The highest BCUT2D eigenvalue weighted by Gasteiger charge is 2.29. The lowest BCUT2D eigenvalue weighted by atomic mass is 9.85. The molecule has 5 heteroatoms. The Balaban J connectivity index is 2.26. The second-order valence-electron chi connectivity index (χ2n) is 4.89. The number of carbonyl (C=O) groups is 1. The summed E-state index contributed by atoms with van der Waals surface area (Å²) in [4.78, 5) is 11.7.